The number of nitrogens with one attached hydrogen (secondary N) is 2. The average Bonchev–Trinajstić information content (AvgIpc) is 2.85. The number of carbonyl (C=O) groups is 1. The Bertz CT molecular complexity index is 1300. The zero-order valence-electron chi connectivity index (χ0n) is 17.9. The number of carbonyl (C=O) groups excluding carboxylic acids is 1. The van der Waals surface area contributed by atoms with E-state index < -0.39 is 0 Å². The summed E-state index contributed by atoms with van der Waals surface area (Å²) < 4.78 is 16.8. The van der Waals surface area contributed by atoms with Crippen LogP contribution in [0.15, 0.2) is 73.2 Å². The Morgan fingerprint density at radius 1 is 0.939 bits per heavy atom. The van der Waals surface area contributed by atoms with Crippen molar-refractivity contribution in [2.45, 2.75) is 0 Å². The SMILES string of the molecule is COc1cc2nccc(Oc3ccc(NC(=S)NC(=O)c4cccnc4)cc3)c2cc1OC. The molecule has 0 fully saturated rings. The second-order valence-electron chi connectivity index (χ2n) is 6.81. The number of hydrogen-bond acceptors (Lipinski definition) is 7. The van der Waals surface area contributed by atoms with Crippen LogP contribution in [0, 0.1) is 0 Å². The van der Waals surface area contributed by atoms with Crippen LogP contribution in [0.25, 0.3) is 10.9 Å². The van der Waals surface area contributed by atoms with Gasteiger partial charge in [-0.2, -0.15) is 0 Å². The number of aromatic nitrogens is 2. The first kappa shape index (κ1) is 22.0. The van der Waals surface area contributed by atoms with E-state index in [-0.39, 0.29) is 11.0 Å². The number of benzene rings is 2. The number of nitrogens with zero attached hydrogens (tertiary/aromatic N) is 2. The Labute approximate surface area is 195 Å². The van der Waals surface area contributed by atoms with Crippen molar-refractivity contribution >= 4 is 39.8 Å². The van der Waals surface area contributed by atoms with Gasteiger partial charge in [0.1, 0.15) is 11.5 Å². The maximum atomic E-state index is 12.2. The van der Waals surface area contributed by atoms with Gasteiger partial charge in [0.2, 0.25) is 0 Å². The lowest BCUT2D eigenvalue weighted by molar-refractivity contribution is 0.0977. The number of hydrogen-bond donors (Lipinski definition) is 2. The second-order valence-corrected chi connectivity index (χ2v) is 7.22. The Morgan fingerprint density at radius 2 is 1.70 bits per heavy atom. The molecule has 0 saturated carbocycles. The van der Waals surface area contributed by atoms with Gasteiger partial charge in [-0.25, -0.2) is 0 Å². The molecule has 0 spiro atoms. The molecule has 1 amide bonds. The highest BCUT2D eigenvalue weighted by molar-refractivity contribution is 7.80. The number of thiocarbonyl (C=S) groups is 1. The minimum atomic E-state index is -0.336. The lowest BCUT2D eigenvalue weighted by atomic mass is 10.2. The van der Waals surface area contributed by atoms with Crippen molar-refractivity contribution < 1.29 is 19.0 Å². The van der Waals surface area contributed by atoms with Crippen LogP contribution in [0.4, 0.5) is 5.69 Å². The van der Waals surface area contributed by atoms with Gasteiger partial charge in [0, 0.05) is 35.7 Å². The molecule has 2 heterocycles. The van der Waals surface area contributed by atoms with E-state index >= 15 is 0 Å². The third-order valence-corrected chi connectivity index (χ3v) is 4.90. The van der Waals surface area contributed by atoms with Gasteiger partial charge >= 0.3 is 0 Å². The molecule has 0 unspecified atom stereocenters. The number of methoxy groups -OCH3 is 2. The molecule has 0 radical (unpaired) electrons. The molecule has 2 aromatic carbocycles. The first-order valence-corrected chi connectivity index (χ1v) is 10.3. The van der Waals surface area contributed by atoms with E-state index in [4.69, 9.17) is 26.4 Å². The van der Waals surface area contributed by atoms with Crippen molar-refractivity contribution in [2.24, 2.45) is 0 Å². The van der Waals surface area contributed by atoms with Crippen molar-refractivity contribution in [3.8, 4) is 23.0 Å². The predicted molar refractivity (Wildman–Crippen MR) is 129 cm³/mol. The van der Waals surface area contributed by atoms with Crippen molar-refractivity contribution in [2.75, 3.05) is 19.5 Å². The third-order valence-electron chi connectivity index (χ3n) is 4.70. The zero-order valence-corrected chi connectivity index (χ0v) is 18.7. The van der Waals surface area contributed by atoms with Crippen LogP contribution < -0.4 is 24.8 Å². The van der Waals surface area contributed by atoms with E-state index in [1.54, 1.807) is 75.1 Å². The molecule has 0 aliphatic carbocycles. The maximum absolute atomic E-state index is 12.2. The lowest BCUT2D eigenvalue weighted by Gasteiger charge is -2.13. The molecule has 4 rings (SSSR count). The Hall–Kier alpha value is -4.24. The summed E-state index contributed by atoms with van der Waals surface area (Å²) >= 11 is 5.22. The number of amides is 1. The summed E-state index contributed by atoms with van der Waals surface area (Å²) in [7, 11) is 3.16. The fourth-order valence-corrected chi connectivity index (χ4v) is 3.31. The first-order valence-electron chi connectivity index (χ1n) is 9.88. The summed E-state index contributed by atoms with van der Waals surface area (Å²) in [6.07, 6.45) is 4.74. The van der Waals surface area contributed by atoms with Crippen LogP contribution in [0.3, 0.4) is 0 Å². The molecule has 0 saturated heterocycles. The first-order chi connectivity index (χ1) is 16.1. The van der Waals surface area contributed by atoms with Gasteiger partial charge < -0.3 is 19.5 Å². The largest absolute Gasteiger partial charge is 0.493 e. The monoisotopic (exact) mass is 460 g/mol. The van der Waals surface area contributed by atoms with Gasteiger partial charge in [-0.05, 0) is 60.7 Å². The molecular formula is C24H20N4O4S. The van der Waals surface area contributed by atoms with Crippen molar-refractivity contribution in [1.29, 1.82) is 0 Å². The topological polar surface area (TPSA) is 94.6 Å². The molecule has 0 bridgehead atoms. The van der Waals surface area contributed by atoms with Gasteiger partial charge in [0.15, 0.2) is 16.6 Å². The quantitative estimate of drug-likeness (QED) is 0.404. The van der Waals surface area contributed by atoms with Gasteiger partial charge in [-0.3, -0.25) is 20.1 Å². The normalized spacial score (nSPS) is 10.4. The fraction of sp³-hybridized carbons (Fsp3) is 0.0833. The molecule has 0 atom stereocenters. The molecule has 0 aliphatic rings. The molecular weight excluding hydrogens is 440 g/mol. The van der Waals surface area contributed by atoms with E-state index in [1.807, 2.05) is 6.07 Å². The predicted octanol–water partition coefficient (Wildman–Crippen LogP) is 4.57. The maximum Gasteiger partial charge on any atom is 0.258 e. The second kappa shape index (κ2) is 9.92. The van der Waals surface area contributed by atoms with E-state index in [2.05, 4.69) is 20.6 Å². The summed E-state index contributed by atoms with van der Waals surface area (Å²) in [5.41, 5.74) is 1.84. The number of fused-ring (bicyclic) bond motifs is 1. The van der Waals surface area contributed by atoms with E-state index in [9.17, 15) is 4.79 Å². The third kappa shape index (κ3) is 5.16. The van der Waals surface area contributed by atoms with Crippen LogP contribution in [0.2, 0.25) is 0 Å². The van der Waals surface area contributed by atoms with E-state index in [0.29, 0.717) is 34.2 Å². The number of rotatable bonds is 6. The molecule has 2 aromatic heterocycles. The van der Waals surface area contributed by atoms with Crippen LogP contribution >= 0.6 is 12.2 Å². The van der Waals surface area contributed by atoms with Crippen LogP contribution in [-0.2, 0) is 0 Å². The number of pyridine rings is 2. The van der Waals surface area contributed by atoms with Crippen molar-refractivity contribution in [1.82, 2.24) is 15.3 Å². The highest BCUT2D eigenvalue weighted by Crippen LogP contribution is 2.36. The zero-order chi connectivity index (χ0) is 23.2. The highest BCUT2D eigenvalue weighted by atomic mass is 32.1. The van der Waals surface area contributed by atoms with Crippen molar-refractivity contribution in [3.05, 3.63) is 78.8 Å². The van der Waals surface area contributed by atoms with Crippen molar-refractivity contribution in [3.63, 3.8) is 0 Å². The number of anilines is 1. The van der Waals surface area contributed by atoms with Gasteiger partial charge in [-0.15, -0.1) is 0 Å². The Kier molecular flexibility index (Phi) is 6.61. The van der Waals surface area contributed by atoms with Crippen LogP contribution in [0.5, 0.6) is 23.0 Å². The standard InChI is InChI=1S/C24H20N4O4S/c1-30-21-12-18-19(13-22(21)31-2)26-11-9-20(18)32-17-7-5-16(6-8-17)27-24(33)28-23(29)15-4-3-10-25-14-15/h3-14H,1-2H3,(H2,27,28,29,33). The van der Waals surface area contributed by atoms with E-state index in [1.165, 1.54) is 6.20 Å². The average molecular weight is 461 g/mol. The molecule has 33 heavy (non-hydrogen) atoms. The summed E-state index contributed by atoms with van der Waals surface area (Å²) in [6.45, 7) is 0. The van der Waals surface area contributed by atoms with Gasteiger partial charge in [-0.1, -0.05) is 0 Å². The van der Waals surface area contributed by atoms with E-state index in [0.717, 1.165) is 10.9 Å². The van der Waals surface area contributed by atoms with Gasteiger partial charge in [0.05, 0.1) is 25.3 Å². The summed E-state index contributed by atoms with van der Waals surface area (Å²) in [5.74, 6) is 2.09. The fourth-order valence-electron chi connectivity index (χ4n) is 3.10. The summed E-state index contributed by atoms with van der Waals surface area (Å²) in [6, 6.07) is 15.9. The molecule has 4 aromatic rings. The molecule has 9 heteroatoms. The summed E-state index contributed by atoms with van der Waals surface area (Å²) in [5, 5.41) is 6.56. The molecule has 2 N–H and O–H groups in total. The molecule has 166 valence electrons. The van der Waals surface area contributed by atoms with Crippen LogP contribution in [-0.4, -0.2) is 35.2 Å². The molecule has 0 aliphatic heterocycles. The molecule has 8 nitrogen and oxygen atoms in total. The Balaban J connectivity index is 1.45. The Morgan fingerprint density at radius 3 is 2.39 bits per heavy atom. The minimum Gasteiger partial charge on any atom is -0.493 e. The van der Waals surface area contributed by atoms with Gasteiger partial charge in [0.25, 0.3) is 5.91 Å². The van der Waals surface area contributed by atoms with Crippen LogP contribution in [0.1, 0.15) is 10.4 Å². The lowest BCUT2D eigenvalue weighted by Crippen LogP contribution is -2.34. The highest BCUT2D eigenvalue weighted by Gasteiger charge is 2.12. The summed E-state index contributed by atoms with van der Waals surface area (Å²) in [4.78, 5) is 20.5. The number of ether oxygens (including phenoxy) is 3. The minimum absolute atomic E-state index is 0.179. The smallest absolute Gasteiger partial charge is 0.258 e.